The third-order valence-electron chi connectivity index (χ3n) is 5.78. The Morgan fingerprint density at radius 1 is 1.14 bits per heavy atom. The third-order valence-corrected chi connectivity index (χ3v) is 5.78. The Morgan fingerprint density at radius 2 is 2.00 bits per heavy atom. The van der Waals surface area contributed by atoms with Gasteiger partial charge in [0, 0.05) is 32.9 Å². The smallest absolute Gasteiger partial charge is 0.255 e. The van der Waals surface area contributed by atoms with E-state index in [0.717, 1.165) is 17.7 Å². The zero-order valence-corrected chi connectivity index (χ0v) is 15.9. The zero-order valence-electron chi connectivity index (χ0n) is 15.9. The van der Waals surface area contributed by atoms with Crippen molar-refractivity contribution >= 4 is 17.1 Å². The lowest BCUT2D eigenvalue weighted by atomic mass is 10.00. The zero-order chi connectivity index (χ0) is 19.1. The summed E-state index contributed by atoms with van der Waals surface area (Å²) >= 11 is 0. The van der Waals surface area contributed by atoms with E-state index < -0.39 is 0 Å². The van der Waals surface area contributed by atoms with E-state index in [9.17, 15) is 4.79 Å². The van der Waals surface area contributed by atoms with E-state index in [2.05, 4.69) is 39.1 Å². The summed E-state index contributed by atoms with van der Waals surface area (Å²) in [6.07, 6.45) is 3.37. The number of ether oxygens (including phenoxy) is 1. The number of pyridine rings is 1. The standard InChI is InChI=1S/C21H23N5O2/c1-24-14-23-18-9-16(10-22-20(18)24)21(27)25-7-8-26-17(11-25)12-28-13-19(26)15-5-3-2-4-6-15/h2-6,9-10,14,17,19H,7-8,11-13H2,1H3/t17-,19-/m1/s1. The predicted octanol–water partition coefficient (Wildman–Crippen LogP) is 1.87. The first-order chi connectivity index (χ1) is 13.7. The van der Waals surface area contributed by atoms with Gasteiger partial charge in [0.05, 0.1) is 37.2 Å². The molecule has 0 aliphatic carbocycles. The molecule has 1 amide bonds. The van der Waals surface area contributed by atoms with Gasteiger partial charge in [0.1, 0.15) is 5.52 Å². The van der Waals surface area contributed by atoms with E-state index in [1.54, 1.807) is 12.5 Å². The first-order valence-electron chi connectivity index (χ1n) is 9.65. The van der Waals surface area contributed by atoms with Crippen LogP contribution in [-0.4, -0.2) is 69.1 Å². The number of imidazole rings is 1. The molecular weight excluding hydrogens is 354 g/mol. The number of rotatable bonds is 2. The van der Waals surface area contributed by atoms with Gasteiger partial charge in [0.15, 0.2) is 5.65 Å². The number of carbonyl (C=O) groups excluding carboxylic acids is 1. The Hall–Kier alpha value is -2.77. The van der Waals surface area contributed by atoms with Crippen LogP contribution in [0.25, 0.3) is 11.2 Å². The second-order valence-electron chi connectivity index (χ2n) is 7.53. The van der Waals surface area contributed by atoms with Gasteiger partial charge in [-0.1, -0.05) is 30.3 Å². The second-order valence-corrected chi connectivity index (χ2v) is 7.53. The molecule has 2 aromatic heterocycles. The van der Waals surface area contributed by atoms with E-state index in [4.69, 9.17) is 4.74 Å². The molecule has 2 atom stereocenters. The molecule has 28 heavy (non-hydrogen) atoms. The topological polar surface area (TPSA) is 63.5 Å². The SMILES string of the molecule is Cn1cnc2cc(C(=O)N3CCN4[C@@H](COC[C@@H]4c4ccccc4)C3)cnc21. The number of benzene rings is 1. The average Bonchev–Trinajstić information content (AvgIpc) is 3.13. The molecule has 0 bridgehead atoms. The summed E-state index contributed by atoms with van der Waals surface area (Å²) in [7, 11) is 1.90. The minimum absolute atomic E-state index is 0.0153. The molecule has 144 valence electrons. The number of piperazine rings is 1. The number of hydrogen-bond donors (Lipinski definition) is 0. The van der Waals surface area contributed by atoms with Crippen LogP contribution in [-0.2, 0) is 11.8 Å². The van der Waals surface area contributed by atoms with Gasteiger partial charge in [0.2, 0.25) is 0 Å². The molecule has 0 saturated carbocycles. The van der Waals surface area contributed by atoms with Crippen LogP contribution in [0, 0.1) is 0 Å². The maximum Gasteiger partial charge on any atom is 0.255 e. The van der Waals surface area contributed by atoms with Crippen molar-refractivity contribution in [1.82, 2.24) is 24.3 Å². The van der Waals surface area contributed by atoms with Crippen molar-refractivity contribution < 1.29 is 9.53 Å². The molecule has 0 N–H and O–H groups in total. The molecule has 4 heterocycles. The van der Waals surface area contributed by atoms with E-state index in [1.807, 2.05) is 28.6 Å². The quantitative estimate of drug-likeness (QED) is 0.682. The molecule has 0 spiro atoms. The molecule has 1 aromatic carbocycles. The highest BCUT2D eigenvalue weighted by atomic mass is 16.5. The van der Waals surface area contributed by atoms with Gasteiger partial charge in [-0.3, -0.25) is 9.69 Å². The Bertz CT molecular complexity index is 1000. The summed E-state index contributed by atoms with van der Waals surface area (Å²) in [5.41, 5.74) is 3.40. The minimum atomic E-state index is 0.0153. The molecule has 2 fully saturated rings. The van der Waals surface area contributed by atoms with E-state index >= 15 is 0 Å². The monoisotopic (exact) mass is 377 g/mol. The Labute approximate surface area is 163 Å². The van der Waals surface area contributed by atoms with Crippen LogP contribution in [0.1, 0.15) is 22.0 Å². The molecule has 0 radical (unpaired) electrons. The maximum atomic E-state index is 13.1. The lowest BCUT2D eigenvalue weighted by Gasteiger charge is -2.48. The van der Waals surface area contributed by atoms with E-state index in [0.29, 0.717) is 31.9 Å². The first-order valence-corrected chi connectivity index (χ1v) is 9.65. The molecule has 2 aliphatic rings. The number of fused-ring (bicyclic) bond motifs is 2. The number of hydrogen-bond acceptors (Lipinski definition) is 5. The Kier molecular flexibility index (Phi) is 4.33. The summed E-state index contributed by atoms with van der Waals surface area (Å²) in [5, 5.41) is 0. The number of amides is 1. The molecule has 7 nitrogen and oxygen atoms in total. The van der Waals surface area contributed by atoms with Crippen LogP contribution in [0.5, 0.6) is 0 Å². The normalized spacial score (nSPS) is 23.0. The fourth-order valence-corrected chi connectivity index (χ4v) is 4.30. The largest absolute Gasteiger partial charge is 0.378 e. The van der Waals surface area contributed by atoms with Gasteiger partial charge < -0.3 is 14.2 Å². The fraction of sp³-hybridized carbons (Fsp3) is 0.381. The van der Waals surface area contributed by atoms with E-state index in [-0.39, 0.29) is 18.0 Å². The van der Waals surface area contributed by atoms with Crippen molar-refractivity contribution in [3.63, 3.8) is 0 Å². The molecule has 2 aliphatic heterocycles. The van der Waals surface area contributed by atoms with Crippen LogP contribution in [0.15, 0.2) is 48.9 Å². The number of nitrogens with zero attached hydrogens (tertiary/aromatic N) is 5. The van der Waals surface area contributed by atoms with Gasteiger partial charge in [0.25, 0.3) is 5.91 Å². The van der Waals surface area contributed by atoms with Crippen LogP contribution < -0.4 is 0 Å². The molecule has 5 rings (SSSR count). The lowest BCUT2D eigenvalue weighted by molar-refractivity contribution is -0.0770. The molecule has 0 unspecified atom stereocenters. The van der Waals surface area contributed by atoms with Crippen molar-refractivity contribution in [2.45, 2.75) is 12.1 Å². The highest BCUT2D eigenvalue weighted by Gasteiger charge is 2.37. The van der Waals surface area contributed by atoms with Crippen molar-refractivity contribution in [3.8, 4) is 0 Å². The maximum absolute atomic E-state index is 13.1. The molecule has 2 saturated heterocycles. The van der Waals surface area contributed by atoms with Gasteiger partial charge >= 0.3 is 0 Å². The van der Waals surface area contributed by atoms with Crippen LogP contribution in [0.2, 0.25) is 0 Å². The summed E-state index contributed by atoms with van der Waals surface area (Å²) in [6, 6.07) is 12.8. The minimum Gasteiger partial charge on any atom is -0.378 e. The molecule has 3 aromatic rings. The lowest BCUT2D eigenvalue weighted by Crippen LogP contribution is -2.60. The summed E-state index contributed by atoms with van der Waals surface area (Å²) in [6.45, 7) is 3.58. The van der Waals surface area contributed by atoms with Crippen molar-refractivity contribution in [2.24, 2.45) is 7.05 Å². The third kappa shape index (κ3) is 2.96. The van der Waals surface area contributed by atoms with E-state index in [1.165, 1.54) is 5.56 Å². The Morgan fingerprint density at radius 3 is 2.86 bits per heavy atom. The number of aryl methyl sites for hydroxylation is 1. The summed E-state index contributed by atoms with van der Waals surface area (Å²) in [5.74, 6) is 0.0153. The van der Waals surface area contributed by atoms with Crippen LogP contribution in [0.3, 0.4) is 0 Å². The van der Waals surface area contributed by atoms with Crippen molar-refractivity contribution in [3.05, 3.63) is 60.0 Å². The van der Waals surface area contributed by atoms with Gasteiger partial charge in [-0.25, -0.2) is 9.97 Å². The highest BCUT2D eigenvalue weighted by Crippen LogP contribution is 2.30. The predicted molar refractivity (Wildman–Crippen MR) is 105 cm³/mol. The molecular formula is C21H23N5O2. The summed E-state index contributed by atoms with van der Waals surface area (Å²) in [4.78, 5) is 26.2. The summed E-state index contributed by atoms with van der Waals surface area (Å²) < 4.78 is 7.75. The highest BCUT2D eigenvalue weighted by molar-refractivity contribution is 5.96. The fourth-order valence-electron chi connectivity index (χ4n) is 4.30. The number of aromatic nitrogens is 3. The molecule has 7 heteroatoms. The van der Waals surface area contributed by atoms with Gasteiger partial charge in [-0.05, 0) is 11.6 Å². The van der Waals surface area contributed by atoms with Crippen molar-refractivity contribution in [2.75, 3.05) is 32.8 Å². The Balaban J connectivity index is 1.34. The number of carbonyl (C=O) groups is 1. The van der Waals surface area contributed by atoms with Crippen LogP contribution >= 0.6 is 0 Å². The average molecular weight is 377 g/mol. The van der Waals surface area contributed by atoms with Crippen LogP contribution in [0.4, 0.5) is 0 Å². The van der Waals surface area contributed by atoms with Gasteiger partial charge in [-0.2, -0.15) is 0 Å². The second kappa shape index (κ2) is 7.00. The van der Waals surface area contributed by atoms with Crippen molar-refractivity contribution in [1.29, 1.82) is 0 Å². The number of morpholine rings is 1. The first kappa shape index (κ1) is 17.3. The van der Waals surface area contributed by atoms with Gasteiger partial charge in [-0.15, -0.1) is 0 Å².